The highest BCUT2D eigenvalue weighted by atomic mass is 19.1. The van der Waals surface area contributed by atoms with Crippen molar-refractivity contribution in [1.29, 1.82) is 0 Å². The maximum absolute atomic E-state index is 13.2. The number of ether oxygens (including phenoxy) is 2. The fourth-order valence-corrected chi connectivity index (χ4v) is 3.64. The number of nitrogens with zero attached hydrogens (tertiary/aromatic N) is 2. The van der Waals surface area contributed by atoms with Gasteiger partial charge in [-0.1, -0.05) is 18.2 Å². The molecule has 30 heavy (non-hydrogen) atoms. The van der Waals surface area contributed by atoms with Crippen LogP contribution in [0.3, 0.4) is 0 Å². The van der Waals surface area contributed by atoms with Crippen molar-refractivity contribution in [2.24, 2.45) is 0 Å². The number of rotatable bonds is 7. The molecule has 2 heterocycles. The standard InChI is InChI=1S/C23H24FN3O3/c1-29-20-7-5-16(6-8-20)11-23(28)27-10-9-17(14-27)22-13-19(25-26-22)15-30-21-4-2-3-18(24)12-21/h2-8,12-13,17H,9-11,14-15H2,1H3,(H,25,26)/t17-/m0/s1. The second kappa shape index (κ2) is 8.98. The predicted molar refractivity (Wildman–Crippen MR) is 110 cm³/mol. The van der Waals surface area contributed by atoms with Crippen LogP contribution in [-0.2, 0) is 17.8 Å². The molecule has 7 heteroatoms. The third-order valence-electron chi connectivity index (χ3n) is 5.31. The average molecular weight is 409 g/mol. The van der Waals surface area contributed by atoms with E-state index < -0.39 is 0 Å². The minimum atomic E-state index is -0.330. The first kappa shape index (κ1) is 19.9. The van der Waals surface area contributed by atoms with Gasteiger partial charge >= 0.3 is 0 Å². The average Bonchev–Trinajstić information content (AvgIpc) is 3.42. The van der Waals surface area contributed by atoms with E-state index in [0.29, 0.717) is 18.7 Å². The lowest BCUT2D eigenvalue weighted by Crippen LogP contribution is -2.29. The zero-order valence-corrected chi connectivity index (χ0v) is 16.8. The van der Waals surface area contributed by atoms with E-state index in [4.69, 9.17) is 9.47 Å². The zero-order valence-electron chi connectivity index (χ0n) is 16.8. The number of carbonyl (C=O) groups is 1. The fraction of sp³-hybridized carbons (Fsp3) is 0.304. The van der Waals surface area contributed by atoms with Crippen LogP contribution in [0.15, 0.2) is 54.6 Å². The van der Waals surface area contributed by atoms with E-state index in [1.807, 2.05) is 35.2 Å². The lowest BCUT2D eigenvalue weighted by Gasteiger charge is -2.16. The summed E-state index contributed by atoms with van der Waals surface area (Å²) in [4.78, 5) is 14.5. The Bertz CT molecular complexity index is 1000. The lowest BCUT2D eigenvalue weighted by molar-refractivity contribution is -0.129. The number of amides is 1. The van der Waals surface area contributed by atoms with Crippen molar-refractivity contribution in [3.8, 4) is 11.5 Å². The number of benzene rings is 2. The largest absolute Gasteiger partial charge is 0.497 e. The number of aromatic amines is 1. The summed E-state index contributed by atoms with van der Waals surface area (Å²) in [6.45, 7) is 1.66. The third-order valence-corrected chi connectivity index (χ3v) is 5.31. The van der Waals surface area contributed by atoms with Crippen LogP contribution in [0, 0.1) is 5.82 Å². The molecule has 156 valence electrons. The summed E-state index contributed by atoms with van der Waals surface area (Å²) in [5.41, 5.74) is 2.71. The molecule has 0 saturated carbocycles. The van der Waals surface area contributed by atoms with E-state index in [9.17, 15) is 9.18 Å². The van der Waals surface area contributed by atoms with Crippen molar-refractivity contribution < 1.29 is 18.7 Å². The van der Waals surface area contributed by atoms with E-state index in [0.717, 1.165) is 35.7 Å². The summed E-state index contributed by atoms with van der Waals surface area (Å²) in [6, 6.07) is 15.6. The maximum Gasteiger partial charge on any atom is 0.227 e. The highest BCUT2D eigenvalue weighted by Gasteiger charge is 2.28. The molecule has 1 amide bonds. The molecule has 1 N–H and O–H groups in total. The molecule has 0 radical (unpaired) electrons. The van der Waals surface area contributed by atoms with Crippen molar-refractivity contribution >= 4 is 5.91 Å². The first-order valence-corrected chi connectivity index (χ1v) is 9.94. The van der Waals surface area contributed by atoms with E-state index in [1.165, 1.54) is 12.1 Å². The number of hydrogen-bond acceptors (Lipinski definition) is 4. The number of H-pyrrole nitrogens is 1. The van der Waals surface area contributed by atoms with Crippen molar-refractivity contribution in [3.63, 3.8) is 0 Å². The molecule has 1 aromatic heterocycles. The van der Waals surface area contributed by atoms with Crippen LogP contribution in [0.25, 0.3) is 0 Å². The molecule has 1 atom stereocenters. The number of carbonyl (C=O) groups excluding carboxylic acids is 1. The van der Waals surface area contributed by atoms with Gasteiger partial charge < -0.3 is 14.4 Å². The summed E-state index contributed by atoms with van der Waals surface area (Å²) in [5.74, 6) is 1.24. The molecule has 6 nitrogen and oxygen atoms in total. The molecule has 0 bridgehead atoms. The lowest BCUT2D eigenvalue weighted by atomic mass is 10.1. The van der Waals surface area contributed by atoms with Crippen LogP contribution in [-0.4, -0.2) is 41.2 Å². The Kier molecular flexibility index (Phi) is 5.97. The molecule has 0 spiro atoms. The molecule has 0 aliphatic carbocycles. The number of halogens is 1. The zero-order chi connectivity index (χ0) is 20.9. The van der Waals surface area contributed by atoms with Crippen molar-refractivity contribution in [2.75, 3.05) is 20.2 Å². The van der Waals surface area contributed by atoms with Crippen LogP contribution in [0.1, 0.15) is 29.3 Å². The number of methoxy groups -OCH3 is 1. The summed E-state index contributed by atoms with van der Waals surface area (Å²) in [5, 5.41) is 7.37. The number of aromatic nitrogens is 2. The topological polar surface area (TPSA) is 67.4 Å². The van der Waals surface area contributed by atoms with Crippen LogP contribution in [0.5, 0.6) is 11.5 Å². The van der Waals surface area contributed by atoms with Gasteiger partial charge in [-0.3, -0.25) is 9.89 Å². The molecule has 2 aromatic carbocycles. The number of hydrogen-bond donors (Lipinski definition) is 1. The molecule has 1 aliphatic heterocycles. The molecule has 1 fully saturated rings. The van der Waals surface area contributed by atoms with Crippen LogP contribution < -0.4 is 9.47 Å². The van der Waals surface area contributed by atoms with Gasteiger partial charge in [0.25, 0.3) is 0 Å². The van der Waals surface area contributed by atoms with Crippen LogP contribution in [0.4, 0.5) is 4.39 Å². The normalized spacial score (nSPS) is 15.9. The Morgan fingerprint density at radius 2 is 2.03 bits per heavy atom. The minimum Gasteiger partial charge on any atom is -0.497 e. The Morgan fingerprint density at radius 1 is 1.20 bits per heavy atom. The molecular formula is C23H24FN3O3. The van der Waals surface area contributed by atoms with Gasteiger partial charge in [0.15, 0.2) is 0 Å². The Hall–Kier alpha value is -3.35. The first-order chi connectivity index (χ1) is 14.6. The van der Waals surface area contributed by atoms with Gasteiger partial charge in [-0.05, 0) is 42.3 Å². The molecular weight excluding hydrogens is 385 g/mol. The minimum absolute atomic E-state index is 0.118. The molecule has 0 unspecified atom stereocenters. The van der Waals surface area contributed by atoms with Crippen LogP contribution >= 0.6 is 0 Å². The van der Waals surface area contributed by atoms with Gasteiger partial charge in [0.1, 0.15) is 23.9 Å². The van der Waals surface area contributed by atoms with Gasteiger partial charge in [-0.15, -0.1) is 0 Å². The quantitative estimate of drug-likeness (QED) is 0.646. The summed E-state index contributed by atoms with van der Waals surface area (Å²) >= 11 is 0. The molecule has 3 aromatic rings. The highest BCUT2D eigenvalue weighted by molar-refractivity contribution is 5.79. The molecule has 1 aliphatic rings. The maximum atomic E-state index is 13.2. The number of nitrogens with one attached hydrogen (secondary N) is 1. The molecule has 4 rings (SSSR count). The Balaban J connectivity index is 1.30. The second-order valence-electron chi connectivity index (χ2n) is 7.41. The van der Waals surface area contributed by atoms with Gasteiger partial charge in [-0.2, -0.15) is 5.10 Å². The predicted octanol–water partition coefficient (Wildman–Crippen LogP) is 3.70. The second-order valence-corrected chi connectivity index (χ2v) is 7.41. The Labute approximate surface area is 174 Å². The van der Waals surface area contributed by atoms with Crippen molar-refractivity contribution in [2.45, 2.75) is 25.4 Å². The summed E-state index contributed by atoms with van der Waals surface area (Å²) in [7, 11) is 1.62. The third kappa shape index (κ3) is 4.79. The van der Waals surface area contributed by atoms with Gasteiger partial charge in [0.05, 0.1) is 24.9 Å². The van der Waals surface area contributed by atoms with Crippen molar-refractivity contribution in [1.82, 2.24) is 15.1 Å². The van der Waals surface area contributed by atoms with Gasteiger partial charge in [0.2, 0.25) is 5.91 Å². The van der Waals surface area contributed by atoms with Gasteiger partial charge in [-0.25, -0.2) is 4.39 Å². The van der Waals surface area contributed by atoms with Gasteiger partial charge in [0, 0.05) is 25.1 Å². The van der Waals surface area contributed by atoms with E-state index in [2.05, 4.69) is 10.2 Å². The SMILES string of the molecule is COc1ccc(CC(=O)N2CC[C@H](c3cc(COc4cccc(F)c4)[nH]n3)C2)cc1. The van der Waals surface area contributed by atoms with E-state index in [-0.39, 0.29) is 24.2 Å². The number of likely N-dealkylation sites (tertiary alicyclic amines) is 1. The highest BCUT2D eigenvalue weighted by Crippen LogP contribution is 2.27. The van der Waals surface area contributed by atoms with E-state index >= 15 is 0 Å². The molecule has 1 saturated heterocycles. The monoisotopic (exact) mass is 409 g/mol. The fourth-order valence-electron chi connectivity index (χ4n) is 3.64. The first-order valence-electron chi connectivity index (χ1n) is 9.94. The van der Waals surface area contributed by atoms with Crippen LogP contribution in [0.2, 0.25) is 0 Å². The van der Waals surface area contributed by atoms with E-state index in [1.54, 1.807) is 19.2 Å². The Morgan fingerprint density at radius 3 is 2.80 bits per heavy atom. The smallest absolute Gasteiger partial charge is 0.227 e. The van der Waals surface area contributed by atoms with Crippen molar-refractivity contribution in [3.05, 3.63) is 77.4 Å². The summed E-state index contributed by atoms with van der Waals surface area (Å²) < 4.78 is 24.0. The summed E-state index contributed by atoms with van der Waals surface area (Å²) in [6.07, 6.45) is 1.26.